The van der Waals surface area contributed by atoms with E-state index in [2.05, 4.69) is 15.0 Å². The van der Waals surface area contributed by atoms with Crippen molar-refractivity contribution in [2.75, 3.05) is 31.1 Å². The van der Waals surface area contributed by atoms with E-state index in [4.69, 9.17) is 11.6 Å². The van der Waals surface area contributed by atoms with E-state index in [-0.39, 0.29) is 23.4 Å². The Bertz CT molecular complexity index is 827. The predicted molar refractivity (Wildman–Crippen MR) is 92.4 cm³/mol. The van der Waals surface area contributed by atoms with Gasteiger partial charge in [0.25, 0.3) is 5.56 Å². The van der Waals surface area contributed by atoms with Gasteiger partial charge in [0.2, 0.25) is 0 Å². The number of aromatic amines is 1. The van der Waals surface area contributed by atoms with Gasteiger partial charge in [0.05, 0.1) is 6.54 Å². The summed E-state index contributed by atoms with van der Waals surface area (Å²) in [5, 5.41) is -0.0701. The van der Waals surface area contributed by atoms with Crippen LogP contribution in [0, 0.1) is 0 Å². The summed E-state index contributed by atoms with van der Waals surface area (Å²) in [6, 6.07) is 3.03. The van der Waals surface area contributed by atoms with Gasteiger partial charge in [0, 0.05) is 43.6 Å². The van der Waals surface area contributed by atoms with Crippen LogP contribution in [0.4, 0.5) is 19.0 Å². The molecule has 0 saturated carbocycles. The number of nitrogens with zero attached hydrogens (tertiary/aromatic N) is 4. The molecule has 1 aliphatic heterocycles. The molecule has 0 aliphatic carbocycles. The van der Waals surface area contributed by atoms with Crippen LogP contribution < -0.4 is 10.5 Å². The molecular weight excluding hydrogens is 371 g/mol. The van der Waals surface area contributed by atoms with Gasteiger partial charge in [0.1, 0.15) is 10.8 Å². The van der Waals surface area contributed by atoms with E-state index < -0.39 is 18.3 Å². The molecule has 0 unspecified atom stereocenters. The van der Waals surface area contributed by atoms with Crippen molar-refractivity contribution in [3.8, 4) is 11.4 Å². The average molecular weight is 388 g/mol. The van der Waals surface area contributed by atoms with Crippen LogP contribution in [0.5, 0.6) is 0 Å². The zero-order valence-corrected chi connectivity index (χ0v) is 14.7. The van der Waals surface area contributed by atoms with Crippen LogP contribution in [-0.4, -0.2) is 58.2 Å². The number of H-pyrrole nitrogens is 1. The van der Waals surface area contributed by atoms with Crippen LogP contribution in [0.15, 0.2) is 29.3 Å². The van der Waals surface area contributed by atoms with Gasteiger partial charge in [-0.05, 0) is 19.1 Å². The molecule has 6 nitrogen and oxygen atoms in total. The van der Waals surface area contributed by atoms with Crippen LogP contribution >= 0.6 is 11.6 Å². The fourth-order valence-corrected chi connectivity index (χ4v) is 3.16. The minimum atomic E-state index is -4.25. The molecule has 1 fully saturated rings. The quantitative estimate of drug-likeness (QED) is 0.876. The molecule has 3 heterocycles. The summed E-state index contributed by atoms with van der Waals surface area (Å²) in [5.74, 6) is 0.614. The maximum atomic E-state index is 12.7. The number of piperazine rings is 1. The Labute approximate surface area is 152 Å². The molecule has 0 aromatic carbocycles. The van der Waals surface area contributed by atoms with Gasteiger partial charge < -0.3 is 9.88 Å². The molecule has 140 valence electrons. The summed E-state index contributed by atoms with van der Waals surface area (Å²) in [7, 11) is 0. The molecule has 1 atom stereocenters. The summed E-state index contributed by atoms with van der Waals surface area (Å²) in [6.45, 7) is 1.55. The van der Waals surface area contributed by atoms with E-state index in [0.717, 1.165) is 0 Å². The first-order chi connectivity index (χ1) is 12.2. The number of hydrogen-bond acceptors (Lipinski definition) is 5. The van der Waals surface area contributed by atoms with Crippen molar-refractivity contribution in [3.63, 3.8) is 0 Å². The first-order valence-corrected chi connectivity index (χ1v) is 8.38. The average Bonchev–Trinajstić information content (AvgIpc) is 2.59. The third kappa shape index (κ3) is 4.16. The topological polar surface area (TPSA) is 65.1 Å². The maximum Gasteiger partial charge on any atom is 0.401 e. The Morgan fingerprint density at radius 3 is 2.62 bits per heavy atom. The van der Waals surface area contributed by atoms with Crippen LogP contribution in [0.1, 0.15) is 6.92 Å². The second-order valence-corrected chi connectivity index (χ2v) is 6.55. The van der Waals surface area contributed by atoms with E-state index >= 15 is 0 Å². The van der Waals surface area contributed by atoms with E-state index in [1.807, 2.05) is 0 Å². The summed E-state index contributed by atoms with van der Waals surface area (Å²) >= 11 is 6.12. The van der Waals surface area contributed by atoms with E-state index in [9.17, 15) is 18.0 Å². The fraction of sp³-hybridized carbons (Fsp3) is 0.438. The standard InChI is InChI=1S/C16H17ClF3N5O/c1-10-8-24(6-7-25(10)9-16(18,19)20)14-12(17)15(26)23-13(22-14)11-2-4-21-5-3-11/h2-5,10H,6-9H2,1H3,(H,22,23,26)/t10-/m0/s1. The number of rotatable bonds is 3. The maximum absolute atomic E-state index is 12.7. The van der Waals surface area contributed by atoms with Crippen LogP contribution in [0.25, 0.3) is 11.4 Å². The molecule has 0 radical (unpaired) electrons. The molecule has 10 heteroatoms. The van der Waals surface area contributed by atoms with Gasteiger partial charge >= 0.3 is 6.18 Å². The first kappa shape index (κ1) is 18.7. The molecule has 2 aromatic rings. The normalized spacial score (nSPS) is 19.0. The highest BCUT2D eigenvalue weighted by molar-refractivity contribution is 6.32. The molecule has 3 rings (SSSR count). The van der Waals surface area contributed by atoms with E-state index in [1.165, 1.54) is 4.90 Å². The van der Waals surface area contributed by atoms with Crippen molar-refractivity contribution in [1.29, 1.82) is 0 Å². The lowest BCUT2D eigenvalue weighted by molar-refractivity contribution is -0.150. The number of aromatic nitrogens is 3. The predicted octanol–water partition coefficient (Wildman–Crippen LogP) is 2.56. The number of anilines is 1. The Morgan fingerprint density at radius 2 is 2.00 bits per heavy atom. The van der Waals surface area contributed by atoms with E-state index in [1.54, 1.807) is 36.4 Å². The molecule has 1 N–H and O–H groups in total. The van der Waals surface area contributed by atoms with Crippen molar-refractivity contribution in [2.45, 2.75) is 19.1 Å². The summed E-state index contributed by atoms with van der Waals surface area (Å²) in [4.78, 5) is 26.3. The van der Waals surface area contributed by atoms with Crippen molar-refractivity contribution < 1.29 is 13.2 Å². The minimum Gasteiger partial charge on any atom is -0.352 e. The second kappa shape index (κ2) is 7.24. The molecule has 0 spiro atoms. The largest absolute Gasteiger partial charge is 0.401 e. The van der Waals surface area contributed by atoms with Crippen molar-refractivity contribution in [1.82, 2.24) is 19.9 Å². The number of halogens is 4. The van der Waals surface area contributed by atoms with Crippen molar-refractivity contribution in [2.24, 2.45) is 0 Å². The van der Waals surface area contributed by atoms with Gasteiger partial charge in [-0.25, -0.2) is 4.98 Å². The van der Waals surface area contributed by atoms with E-state index in [0.29, 0.717) is 24.5 Å². The minimum absolute atomic E-state index is 0.0701. The molecule has 0 amide bonds. The Kier molecular flexibility index (Phi) is 5.19. The second-order valence-electron chi connectivity index (χ2n) is 6.17. The monoisotopic (exact) mass is 387 g/mol. The van der Waals surface area contributed by atoms with Gasteiger partial charge in [0.15, 0.2) is 5.82 Å². The lowest BCUT2D eigenvalue weighted by atomic mass is 10.2. The Balaban J connectivity index is 1.86. The number of nitrogens with one attached hydrogen (secondary N) is 1. The fourth-order valence-electron chi connectivity index (χ4n) is 2.96. The molecule has 1 saturated heterocycles. The first-order valence-electron chi connectivity index (χ1n) is 8.00. The highest BCUT2D eigenvalue weighted by Gasteiger charge is 2.35. The summed E-state index contributed by atoms with van der Waals surface area (Å²) in [5.41, 5.74) is 0.174. The van der Waals surface area contributed by atoms with Crippen LogP contribution in [0.2, 0.25) is 5.02 Å². The molecule has 2 aromatic heterocycles. The molecule has 1 aliphatic rings. The van der Waals surface area contributed by atoms with Crippen LogP contribution in [-0.2, 0) is 0 Å². The molecular formula is C16H17ClF3N5O. The highest BCUT2D eigenvalue weighted by Crippen LogP contribution is 2.26. The molecule has 0 bridgehead atoms. The van der Waals surface area contributed by atoms with Crippen molar-refractivity contribution >= 4 is 17.4 Å². The SMILES string of the molecule is C[C@H]1CN(c2nc(-c3ccncc3)[nH]c(=O)c2Cl)CCN1CC(F)(F)F. The van der Waals surface area contributed by atoms with Gasteiger partial charge in [-0.1, -0.05) is 11.6 Å². The highest BCUT2D eigenvalue weighted by atomic mass is 35.5. The molecule has 26 heavy (non-hydrogen) atoms. The third-order valence-corrected chi connectivity index (χ3v) is 4.59. The Morgan fingerprint density at radius 1 is 1.31 bits per heavy atom. The Hall–Kier alpha value is -2.13. The smallest absolute Gasteiger partial charge is 0.352 e. The van der Waals surface area contributed by atoms with Gasteiger partial charge in [-0.15, -0.1) is 0 Å². The summed E-state index contributed by atoms with van der Waals surface area (Å²) < 4.78 is 38.0. The zero-order valence-electron chi connectivity index (χ0n) is 13.9. The van der Waals surface area contributed by atoms with Crippen molar-refractivity contribution in [3.05, 3.63) is 39.9 Å². The zero-order chi connectivity index (χ0) is 18.9. The number of pyridine rings is 1. The van der Waals surface area contributed by atoms with Gasteiger partial charge in [-0.3, -0.25) is 14.7 Å². The lowest BCUT2D eigenvalue weighted by Crippen LogP contribution is -2.54. The number of hydrogen-bond donors (Lipinski definition) is 1. The number of alkyl halides is 3. The summed E-state index contributed by atoms with van der Waals surface area (Å²) in [6.07, 6.45) is -1.10. The van der Waals surface area contributed by atoms with Gasteiger partial charge in [-0.2, -0.15) is 13.2 Å². The lowest BCUT2D eigenvalue weighted by Gasteiger charge is -2.40. The third-order valence-electron chi connectivity index (χ3n) is 4.25. The van der Waals surface area contributed by atoms with Crippen LogP contribution in [0.3, 0.4) is 0 Å².